The van der Waals surface area contributed by atoms with E-state index >= 15 is 0 Å². The van der Waals surface area contributed by atoms with Crippen molar-refractivity contribution in [3.63, 3.8) is 0 Å². The van der Waals surface area contributed by atoms with Gasteiger partial charge in [0.15, 0.2) is 0 Å². The largest absolute Gasteiger partial charge is 0.343 e. The van der Waals surface area contributed by atoms with Crippen LogP contribution in [0.2, 0.25) is 0 Å². The van der Waals surface area contributed by atoms with Gasteiger partial charge in [0.1, 0.15) is 12.1 Å². The predicted octanol–water partition coefficient (Wildman–Crippen LogP) is 3.36. The summed E-state index contributed by atoms with van der Waals surface area (Å²) in [6, 6.07) is 15.9. The monoisotopic (exact) mass is 490 g/mol. The van der Waals surface area contributed by atoms with Gasteiger partial charge < -0.3 is 21.3 Å². The molecule has 4 rings (SSSR count). The highest BCUT2D eigenvalue weighted by Crippen LogP contribution is 2.32. The van der Waals surface area contributed by atoms with Gasteiger partial charge in [-0.05, 0) is 50.2 Å². The Balaban J connectivity index is 1.57. The number of rotatable bonds is 7. The number of carbonyl (C=O) groups is 3. The molecule has 3 amide bonds. The van der Waals surface area contributed by atoms with E-state index in [2.05, 4.69) is 16.7 Å². The van der Waals surface area contributed by atoms with E-state index < -0.39 is 18.1 Å². The summed E-state index contributed by atoms with van der Waals surface area (Å²) in [4.78, 5) is 41.7. The molecule has 7 nitrogen and oxygen atoms in total. The minimum atomic E-state index is -0.645. The van der Waals surface area contributed by atoms with Crippen molar-refractivity contribution in [2.75, 3.05) is 0 Å². The topological polar surface area (TPSA) is 105 Å². The van der Waals surface area contributed by atoms with E-state index in [1.165, 1.54) is 0 Å². The molecule has 2 aromatic carbocycles. The molecule has 192 valence electrons. The minimum Gasteiger partial charge on any atom is -0.343 e. The van der Waals surface area contributed by atoms with Gasteiger partial charge in [-0.1, -0.05) is 79.9 Å². The molecule has 7 heteroatoms. The summed E-state index contributed by atoms with van der Waals surface area (Å²) in [6.45, 7) is 3.88. The molecule has 0 spiro atoms. The number of nitrogens with zero attached hydrogens (tertiary/aromatic N) is 1. The maximum atomic E-state index is 13.8. The maximum absolute atomic E-state index is 13.8. The Labute approximate surface area is 213 Å². The third-order valence-corrected chi connectivity index (χ3v) is 7.53. The highest BCUT2D eigenvalue weighted by atomic mass is 16.2. The van der Waals surface area contributed by atoms with Crippen molar-refractivity contribution in [2.45, 2.75) is 89.0 Å². The van der Waals surface area contributed by atoms with Crippen molar-refractivity contribution in [1.29, 1.82) is 0 Å². The molecule has 2 aliphatic heterocycles. The summed E-state index contributed by atoms with van der Waals surface area (Å²) < 4.78 is 0. The van der Waals surface area contributed by atoms with Crippen LogP contribution in [0.5, 0.6) is 0 Å². The van der Waals surface area contributed by atoms with Crippen molar-refractivity contribution in [1.82, 2.24) is 15.5 Å². The Bertz CT molecular complexity index is 1070. The van der Waals surface area contributed by atoms with Gasteiger partial charge in [0.25, 0.3) is 0 Å². The smallest absolute Gasteiger partial charge is 0.246 e. The normalized spacial score (nSPS) is 23.7. The number of nitrogens with two attached hydrogens (primary N) is 1. The Morgan fingerprint density at radius 3 is 2.44 bits per heavy atom. The molecular formula is C29H38N4O3. The Hall–Kier alpha value is -3.19. The quantitative estimate of drug-likeness (QED) is 0.554. The lowest BCUT2D eigenvalue weighted by Crippen LogP contribution is -2.58. The van der Waals surface area contributed by atoms with Crippen LogP contribution in [0.3, 0.4) is 0 Å². The number of benzene rings is 2. The maximum Gasteiger partial charge on any atom is 0.246 e. The summed E-state index contributed by atoms with van der Waals surface area (Å²) in [7, 11) is 0. The van der Waals surface area contributed by atoms with E-state index in [0.717, 1.165) is 42.4 Å². The molecule has 5 atom stereocenters. The molecule has 2 saturated heterocycles. The molecule has 0 aromatic heterocycles. The first-order chi connectivity index (χ1) is 17.4. The van der Waals surface area contributed by atoms with Gasteiger partial charge in [0.2, 0.25) is 17.7 Å². The zero-order chi connectivity index (χ0) is 25.7. The first-order valence-electron chi connectivity index (χ1n) is 13.2. The predicted molar refractivity (Wildman–Crippen MR) is 140 cm³/mol. The van der Waals surface area contributed by atoms with E-state index in [1.807, 2.05) is 62.4 Å². The van der Waals surface area contributed by atoms with Crippen LogP contribution >= 0.6 is 0 Å². The number of hydrogen-bond donors (Lipinski definition) is 3. The second kappa shape index (κ2) is 11.7. The number of amides is 3. The second-order valence-corrected chi connectivity index (χ2v) is 10.1. The fourth-order valence-electron chi connectivity index (χ4n) is 5.48. The second-order valence-electron chi connectivity index (χ2n) is 10.1. The van der Waals surface area contributed by atoms with Gasteiger partial charge in [0, 0.05) is 6.04 Å². The van der Waals surface area contributed by atoms with Gasteiger partial charge in [0.05, 0.1) is 12.1 Å². The molecule has 4 N–H and O–H groups in total. The van der Waals surface area contributed by atoms with E-state index in [9.17, 15) is 14.4 Å². The summed E-state index contributed by atoms with van der Waals surface area (Å²) in [6.07, 6.45) is 5.18. The number of hydrogen-bond acceptors (Lipinski definition) is 4. The minimum absolute atomic E-state index is 0.0157. The van der Waals surface area contributed by atoms with Crippen LogP contribution in [-0.2, 0) is 14.4 Å². The fourth-order valence-corrected chi connectivity index (χ4v) is 5.48. The Kier molecular flexibility index (Phi) is 8.41. The third kappa shape index (κ3) is 5.78. The number of nitrogens with one attached hydrogen (secondary N) is 2. The molecule has 0 saturated carbocycles. The van der Waals surface area contributed by atoms with Gasteiger partial charge >= 0.3 is 0 Å². The lowest BCUT2D eigenvalue weighted by Gasteiger charge is -2.36. The fraction of sp³-hybridized carbons (Fsp3) is 0.483. The van der Waals surface area contributed by atoms with Crippen LogP contribution < -0.4 is 16.4 Å². The summed E-state index contributed by atoms with van der Waals surface area (Å²) in [5.41, 5.74) is 9.01. The Morgan fingerprint density at radius 1 is 1.00 bits per heavy atom. The van der Waals surface area contributed by atoms with Crippen LogP contribution in [0, 0.1) is 6.92 Å². The first kappa shape index (κ1) is 25.9. The lowest BCUT2D eigenvalue weighted by molar-refractivity contribution is -0.144. The molecular weight excluding hydrogens is 452 g/mol. The lowest BCUT2D eigenvalue weighted by atomic mass is 9.96. The Morgan fingerprint density at radius 2 is 1.72 bits per heavy atom. The highest BCUT2D eigenvalue weighted by molar-refractivity contribution is 5.94. The van der Waals surface area contributed by atoms with Crippen molar-refractivity contribution >= 4 is 17.7 Å². The van der Waals surface area contributed by atoms with E-state index in [1.54, 1.807) is 4.90 Å². The highest BCUT2D eigenvalue weighted by Gasteiger charge is 2.44. The van der Waals surface area contributed by atoms with Gasteiger partial charge in [-0.25, -0.2) is 0 Å². The van der Waals surface area contributed by atoms with Crippen LogP contribution in [-0.4, -0.2) is 46.8 Å². The number of fused-ring (bicyclic) bond motifs is 1. The molecule has 2 aromatic rings. The molecule has 36 heavy (non-hydrogen) atoms. The van der Waals surface area contributed by atoms with Crippen LogP contribution in [0.1, 0.15) is 74.6 Å². The van der Waals surface area contributed by atoms with Crippen molar-refractivity contribution in [2.24, 2.45) is 5.73 Å². The van der Waals surface area contributed by atoms with Crippen LogP contribution in [0.15, 0.2) is 54.6 Å². The summed E-state index contributed by atoms with van der Waals surface area (Å²) >= 11 is 0. The standard InChI is InChI=1S/C29H38N4O3/c1-3-23(30)27(34)31-24-15-8-7-14-22-16-17-25(33(22)29(24)36)28(35)32-26(20-11-5-4-6-12-20)21-13-9-10-19(2)18-21/h4-6,9-13,18,22-26H,3,7-8,14-17,30H2,1-2H3,(H,31,34)(H,32,35)/t22-,23-,24-,25-,26+/m0/s1. The van der Waals surface area contributed by atoms with Crippen LogP contribution in [0.4, 0.5) is 0 Å². The molecule has 0 radical (unpaired) electrons. The molecule has 0 unspecified atom stereocenters. The van der Waals surface area contributed by atoms with Crippen LogP contribution in [0.25, 0.3) is 0 Å². The molecule has 2 heterocycles. The number of aryl methyl sites for hydroxylation is 1. The SMILES string of the molecule is CC[C@H](N)C(=O)N[C@H]1CCCC[C@H]2CC[C@@H](C(=O)N[C@H](c3ccccc3)c3cccc(C)c3)N2C1=O. The van der Waals surface area contributed by atoms with E-state index in [4.69, 9.17) is 5.73 Å². The van der Waals surface area contributed by atoms with Gasteiger partial charge in [-0.2, -0.15) is 0 Å². The third-order valence-electron chi connectivity index (χ3n) is 7.53. The van der Waals surface area contributed by atoms with Crippen molar-refractivity contribution in [3.8, 4) is 0 Å². The van der Waals surface area contributed by atoms with Gasteiger partial charge in [-0.3, -0.25) is 14.4 Å². The van der Waals surface area contributed by atoms with E-state index in [-0.39, 0.29) is 29.8 Å². The van der Waals surface area contributed by atoms with Crippen molar-refractivity contribution < 1.29 is 14.4 Å². The number of carbonyl (C=O) groups excluding carboxylic acids is 3. The average molecular weight is 491 g/mol. The van der Waals surface area contributed by atoms with Crippen molar-refractivity contribution in [3.05, 3.63) is 71.3 Å². The average Bonchev–Trinajstić information content (AvgIpc) is 3.31. The first-order valence-corrected chi connectivity index (χ1v) is 13.2. The zero-order valence-corrected chi connectivity index (χ0v) is 21.3. The molecule has 2 aliphatic rings. The zero-order valence-electron chi connectivity index (χ0n) is 21.3. The summed E-state index contributed by atoms with van der Waals surface area (Å²) in [5.74, 6) is -0.630. The summed E-state index contributed by atoms with van der Waals surface area (Å²) in [5, 5.41) is 6.12. The van der Waals surface area contributed by atoms with E-state index in [0.29, 0.717) is 19.3 Å². The molecule has 0 aliphatic carbocycles. The van der Waals surface area contributed by atoms with Gasteiger partial charge in [-0.15, -0.1) is 0 Å². The molecule has 2 fully saturated rings. The molecule has 0 bridgehead atoms.